The number of carbonyl (C=O) groups excluding carboxylic acids is 1. The minimum atomic E-state index is -0.390. The molecule has 2 atom stereocenters. The Morgan fingerprint density at radius 2 is 2.19 bits per heavy atom. The first-order valence-electron chi connectivity index (χ1n) is 5.35. The molecule has 1 aliphatic heterocycles. The molecular weight excluding hydrogens is 206 g/mol. The number of hydrogen-bond acceptors (Lipinski definition) is 3. The van der Waals surface area contributed by atoms with E-state index in [0.717, 1.165) is 5.56 Å². The molecule has 1 N–H and O–H groups in total. The van der Waals surface area contributed by atoms with Crippen LogP contribution in [-0.2, 0) is 4.74 Å². The fourth-order valence-corrected chi connectivity index (χ4v) is 1.86. The normalized spacial score (nSPS) is 22.0. The molecule has 1 saturated heterocycles. The number of amides is 1. The number of ether oxygens (including phenoxy) is 1. The molecular formula is C12H15NO3. The van der Waals surface area contributed by atoms with Crippen LogP contribution >= 0.6 is 0 Å². The summed E-state index contributed by atoms with van der Waals surface area (Å²) in [6, 6.07) is 9.75. The van der Waals surface area contributed by atoms with E-state index in [9.17, 15) is 4.79 Å². The van der Waals surface area contributed by atoms with Crippen molar-refractivity contribution in [3.63, 3.8) is 0 Å². The third kappa shape index (κ3) is 2.02. The van der Waals surface area contributed by atoms with Crippen LogP contribution in [0.15, 0.2) is 30.3 Å². The first kappa shape index (κ1) is 11.0. The standard InChI is InChI=1S/C12H15NO3/c1-9(10-5-3-2-4-6-10)13-7-11(8-14)16-12(13)15/h2-6,9,11,14H,7-8H2,1H3. The van der Waals surface area contributed by atoms with Crippen molar-refractivity contribution in [2.45, 2.75) is 19.1 Å². The zero-order valence-corrected chi connectivity index (χ0v) is 9.17. The minimum absolute atomic E-state index is 0.0229. The Hall–Kier alpha value is -1.55. The molecule has 1 fully saturated rings. The predicted octanol–water partition coefficient (Wildman–Crippen LogP) is 1.56. The van der Waals surface area contributed by atoms with Gasteiger partial charge in [-0.05, 0) is 12.5 Å². The molecule has 0 radical (unpaired) electrons. The number of cyclic esters (lactones) is 1. The second-order valence-electron chi connectivity index (χ2n) is 3.93. The second kappa shape index (κ2) is 4.53. The highest BCUT2D eigenvalue weighted by atomic mass is 16.6. The molecule has 0 aliphatic carbocycles. The summed E-state index contributed by atoms with van der Waals surface area (Å²) in [7, 11) is 0. The Morgan fingerprint density at radius 1 is 1.50 bits per heavy atom. The van der Waals surface area contributed by atoms with Gasteiger partial charge < -0.3 is 9.84 Å². The fourth-order valence-electron chi connectivity index (χ4n) is 1.86. The van der Waals surface area contributed by atoms with Crippen LogP contribution in [0.2, 0.25) is 0 Å². The lowest BCUT2D eigenvalue weighted by atomic mass is 10.1. The third-order valence-corrected chi connectivity index (χ3v) is 2.86. The van der Waals surface area contributed by atoms with Crippen molar-refractivity contribution >= 4 is 6.09 Å². The lowest BCUT2D eigenvalue weighted by Gasteiger charge is -2.22. The fraction of sp³-hybridized carbons (Fsp3) is 0.417. The molecule has 0 bridgehead atoms. The van der Waals surface area contributed by atoms with Crippen LogP contribution < -0.4 is 0 Å². The average Bonchev–Trinajstić information content (AvgIpc) is 2.71. The van der Waals surface area contributed by atoms with E-state index in [0.29, 0.717) is 6.54 Å². The summed E-state index contributed by atoms with van der Waals surface area (Å²) in [5.74, 6) is 0. The van der Waals surface area contributed by atoms with Crippen molar-refractivity contribution in [2.24, 2.45) is 0 Å². The van der Waals surface area contributed by atoms with Gasteiger partial charge in [-0.25, -0.2) is 4.79 Å². The van der Waals surface area contributed by atoms with E-state index in [-0.39, 0.29) is 18.7 Å². The maximum absolute atomic E-state index is 11.6. The number of benzene rings is 1. The van der Waals surface area contributed by atoms with Crippen LogP contribution in [0.25, 0.3) is 0 Å². The van der Waals surface area contributed by atoms with E-state index in [1.165, 1.54) is 0 Å². The Balaban J connectivity index is 2.11. The van der Waals surface area contributed by atoms with Crippen molar-refractivity contribution in [1.29, 1.82) is 0 Å². The SMILES string of the molecule is CC(c1ccccc1)N1CC(CO)OC1=O. The van der Waals surface area contributed by atoms with Crippen molar-refractivity contribution in [3.8, 4) is 0 Å². The van der Waals surface area contributed by atoms with Crippen LogP contribution in [0.4, 0.5) is 4.79 Å². The summed E-state index contributed by atoms with van der Waals surface area (Å²) in [6.07, 6.45) is -0.742. The van der Waals surface area contributed by atoms with Crippen molar-refractivity contribution in [1.82, 2.24) is 4.90 Å². The minimum Gasteiger partial charge on any atom is -0.442 e. The Morgan fingerprint density at radius 3 is 2.75 bits per heavy atom. The molecule has 1 aromatic rings. The second-order valence-corrected chi connectivity index (χ2v) is 3.93. The van der Waals surface area contributed by atoms with Gasteiger partial charge in [-0.15, -0.1) is 0 Å². The van der Waals surface area contributed by atoms with Gasteiger partial charge in [0.15, 0.2) is 0 Å². The number of hydrogen-bond donors (Lipinski definition) is 1. The first-order chi connectivity index (χ1) is 7.72. The summed E-state index contributed by atoms with van der Waals surface area (Å²) in [4.78, 5) is 13.2. The average molecular weight is 221 g/mol. The summed E-state index contributed by atoms with van der Waals surface area (Å²) in [5.41, 5.74) is 1.07. The Labute approximate surface area is 94.4 Å². The largest absolute Gasteiger partial charge is 0.442 e. The maximum Gasteiger partial charge on any atom is 0.410 e. The van der Waals surface area contributed by atoms with Gasteiger partial charge in [0.1, 0.15) is 6.10 Å². The lowest BCUT2D eigenvalue weighted by Crippen LogP contribution is -2.28. The number of carbonyl (C=O) groups is 1. The molecule has 1 heterocycles. The van der Waals surface area contributed by atoms with Gasteiger partial charge in [-0.3, -0.25) is 4.90 Å². The summed E-state index contributed by atoms with van der Waals surface area (Å²) >= 11 is 0. The van der Waals surface area contributed by atoms with Gasteiger partial charge in [-0.1, -0.05) is 30.3 Å². The number of rotatable bonds is 3. The predicted molar refractivity (Wildman–Crippen MR) is 58.9 cm³/mol. The molecule has 0 aromatic heterocycles. The van der Waals surface area contributed by atoms with Crippen LogP contribution in [0.3, 0.4) is 0 Å². The summed E-state index contributed by atoms with van der Waals surface area (Å²) in [5, 5.41) is 8.95. The zero-order chi connectivity index (χ0) is 11.5. The molecule has 1 amide bonds. The van der Waals surface area contributed by atoms with Gasteiger partial charge >= 0.3 is 6.09 Å². The highest BCUT2D eigenvalue weighted by Crippen LogP contribution is 2.25. The molecule has 1 aromatic carbocycles. The van der Waals surface area contributed by atoms with Gasteiger partial charge in [0.2, 0.25) is 0 Å². The van der Waals surface area contributed by atoms with Gasteiger partial charge in [0.25, 0.3) is 0 Å². The van der Waals surface area contributed by atoms with E-state index in [1.54, 1.807) is 4.90 Å². The highest BCUT2D eigenvalue weighted by Gasteiger charge is 2.34. The lowest BCUT2D eigenvalue weighted by molar-refractivity contribution is 0.0941. The van der Waals surface area contributed by atoms with Crippen LogP contribution in [0.1, 0.15) is 18.5 Å². The third-order valence-electron chi connectivity index (χ3n) is 2.86. The van der Waals surface area contributed by atoms with E-state index >= 15 is 0 Å². The molecule has 4 nitrogen and oxygen atoms in total. The molecule has 16 heavy (non-hydrogen) atoms. The van der Waals surface area contributed by atoms with Gasteiger partial charge in [-0.2, -0.15) is 0 Å². The smallest absolute Gasteiger partial charge is 0.410 e. The van der Waals surface area contributed by atoms with Gasteiger partial charge in [0, 0.05) is 0 Å². The van der Waals surface area contributed by atoms with E-state index < -0.39 is 6.10 Å². The molecule has 1 aliphatic rings. The van der Waals surface area contributed by atoms with E-state index in [1.807, 2.05) is 37.3 Å². The molecule has 2 unspecified atom stereocenters. The molecule has 0 spiro atoms. The summed E-state index contributed by atoms with van der Waals surface area (Å²) < 4.78 is 5.00. The van der Waals surface area contributed by atoms with Gasteiger partial charge in [0.05, 0.1) is 19.2 Å². The highest BCUT2D eigenvalue weighted by molar-refractivity contribution is 5.70. The van der Waals surface area contributed by atoms with E-state index in [2.05, 4.69) is 0 Å². The summed E-state index contributed by atoms with van der Waals surface area (Å²) in [6.45, 7) is 2.28. The number of aliphatic hydroxyl groups is 1. The van der Waals surface area contributed by atoms with Crippen molar-refractivity contribution in [3.05, 3.63) is 35.9 Å². The monoisotopic (exact) mass is 221 g/mol. The molecule has 0 saturated carbocycles. The Kier molecular flexibility index (Phi) is 3.10. The zero-order valence-electron chi connectivity index (χ0n) is 9.17. The Bertz CT molecular complexity index is 366. The molecule has 86 valence electrons. The molecule has 4 heteroatoms. The van der Waals surface area contributed by atoms with Crippen molar-refractivity contribution < 1.29 is 14.6 Å². The molecule has 2 rings (SSSR count). The van der Waals surface area contributed by atoms with Crippen LogP contribution in [0, 0.1) is 0 Å². The van der Waals surface area contributed by atoms with Crippen LogP contribution in [-0.4, -0.2) is 35.4 Å². The maximum atomic E-state index is 11.6. The quantitative estimate of drug-likeness (QED) is 0.842. The number of nitrogens with zero attached hydrogens (tertiary/aromatic N) is 1. The topological polar surface area (TPSA) is 49.8 Å². The first-order valence-corrected chi connectivity index (χ1v) is 5.35. The van der Waals surface area contributed by atoms with E-state index in [4.69, 9.17) is 9.84 Å². The number of aliphatic hydroxyl groups excluding tert-OH is 1. The van der Waals surface area contributed by atoms with Crippen molar-refractivity contribution in [2.75, 3.05) is 13.2 Å². The van der Waals surface area contributed by atoms with Crippen LogP contribution in [0.5, 0.6) is 0 Å².